The van der Waals surface area contributed by atoms with Crippen molar-refractivity contribution in [1.82, 2.24) is 26.2 Å². The molecule has 11 N–H and O–H groups in total. The molecule has 1 aliphatic rings. The molecule has 1 saturated heterocycles. The second-order valence-electron chi connectivity index (χ2n) is 10.4. The molecular formula is C23H43BF2N8O6. The van der Waals surface area contributed by atoms with Crippen LogP contribution in [-0.2, 0) is 19.2 Å². The van der Waals surface area contributed by atoms with Crippen LogP contribution < -0.4 is 32.7 Å². The molecule has 0 bridgehead atoms. The van der Waals surface area contributed by atoms with Crippen molar-refractivity contribution in [2.24, 2.45) is 17.4 Å². The molecule has 0 spiro atoms. The van der Waals surface area contributed by atoms with E-state index in [0.717, 1.165) is 0 Å². The fraction of sp³-hybridized carbons (Fsp3) is 0.783. The monoisotopic (exact) mass is 576 g/mol. The summed E-state index contributed by atoms with van der Waals surface area (Å²) in [5.74, 6) is -8.12. The van der Waals surface area contributed by atoms with Crippen molar-refractivity contribution < 1.29 is 38.0 Å². The lowest BCUT2D eigenvalue weighted by Crippen LogP contribution is -2.58. The summed E-state index contributed by atoms with van der Waals surface area (Å²) in [5, 5.41) is 36.7. The summed E-state index contributed by atoms with van der Waals surface area (Å²) in [4.78, 5) is 51.9. The third-order valence-electron chi connectivity index (χ3n) is 6.27. The number of rotatable bonds is 16. The van der Waals surface area contributed by atoms with Gasteiger partial charge in [0.25, 0.3) is 5.92 Å². The number of halogens is 2. The Bertz CT molecular complexity index is 897. The van der Waals surface area contributed by atoms with Gasteiger partial charge in [0.05, 0.1) is 12.5 Å². The minimum Gasteiger partial charge on any atom is -0.426 e. The summed E-state index contributed by atoms with van der Waals surface area (Å²) >= 11 is 0. The maximum Gasteiger partial charge on any atom is 0.475 e. The number of carbonyl (C=O) groups is 4. The predicted octanol–water partition coefficient (Wildman–Crippen LogP) is -2.24. The SMILES string of the molecule is CC(=O)NC(CCCN)C(=O)NC(CC(C)C)C(=O)NC(CCCNC(=N)N)C(=O)N1CC(F)(F)CC1B(O)O. The topological polar surface area (TPSA) is 236 Å². The number of hydrogen-bond donors (Lipinski definition) is 9. The van der Waals surface area contributed by atoms with E-state index in [1.54, 1.807) is 0 Å². The first-order chi connectivity index (χ1) is 18.6. The number of hydrogen-bond acceptors (Lipinski definition) is 8. The lowest BCUT2D eigenvalue weighted by atomic mass is 9.77. The van der Waals surface area contributed by atoms with Crippen LogP contribution in [0, 0.1) is 11.3 Å². The Morgan fingerprint density at radius 2 is 1.62 bits per heavy atom. The fourth-order valence-electron chi connectivity index (χ4n) is 4.43. The van der Waals surface area contributed by atoms with Gasteiger partial charge < -0.3 is 47.7 Å². The molecule has 0 radical (unpaired) electrons. The van der Waals surface area contributed by atoms with E-state index in [0.29, 0.717) is 11.3 Å². The third kappa shape index (κ3) is 12.0. The summed E-state index contributed by atoms with van der Waals surface area (Å²) in [5.41, 5.74) is 10.8. The zero-order chi connectivity index (χ0) is 30.6. The van der Waals surface area contributed by atoms with Gasteiger partial charge in [-0.1, -0.05) is 13.8 Å². The smallest absolute Gasteiger partial charge is 0.426 e. The molecule has 40 heavy (non-hydrogen) atoms. The van der Waals surface area contributed by atoms with Gasteiger partial charge in [0.1, 0.15) is 18.1 Å². The molecule has 17 heteroatoms. The van der Waals surface area contributed by atoms with E-state index in [4.69, 9.17) is 16.9 Å². The first-order valence-electron chi connectivity index (χ1n) is 13.3. The molecule has 0 aromatic carbocycles. The Balaban J connectivity index is 3.17. The second-order valence-corrected chi connectivity index (χ2v) is 10.4. The molecule has 0 aromatic rings. The van der Waals surface area contributed by atoms with E-state index in [-0.39, 0.29) is 50.7 Å². The molecule has 1 aliphatic heterocycles. The van der Waals surface area contributed by atoms with Crippen LogP contribution in [0.4, 0.5) is 8.78 Å². The van der Waals surface area contributed by atoms with Gasteiger partial charge in [-0.25, -0.2) is 8.78 Å². The molecule has 4 unspecified atom stereocenters. The van der Waals surface area contributed by atoms with Crippen LogP contribution in [0.5, 0.6) is 0 Å². The van der Waals surface area contributed by atoms with Gasteiger partial charge in [-0.2, -0.15) is 0 Å². The Labute approximate surface area is 233 Å². The first kappa shape index (κ1) is 35.0. The van der Waals surface area contributed by atoms with Gasteiger partial charge in [0.15, 0.2) is 5.96 Å². The van der Waals surface area contributed by atoms with Crippen molar-refractivity contribution in [3.05, 3.63) is 0 Å². The quantitative estimate of drug-likeness (QED) is 0.0417. The number of nitrogens with one attached hydrogen (secondary N) is 5. The van der Waals surface area contributed by atoms with Crippen LogP contribution in [0.1, 0.15) is 59.3 Å². The average Bonchev–Trinajstić information content (AvgIpc) is 3.17. The first-order valence-corrected chi connectivity index (χ1v) is 13.3. The zero-order valence-electron chi connectivity index (χ0n) is 23.2. The molecule has 4 atom stereocenters. The predicted molar refractivity (Wildman–Crippen MR) is 144 cm³/mol. The number of likely N-dealkylation sites (tertiary alicyclic amines) is 1. The van der Waals surface area contributed by atoms with Crippen LogP contribution >= 0.6 is 0 Å². The van der Waals surface area contributed by atoms with E-state index in [9.17, 15) is 38.0 Å². The number of amides is 4. The van der Waals surface area contributed by atoms with E-state index < -0.39 is 73.7 Å². The fourth-order valence-corrected chi connectivity index (χ4v) is 4.43. The van der Waals surface area contributed by atoms with Crippen molar-refractivity contribution in [2.75, 3.05) is 19.6 Å². The zero-order valence-corrected chi connectivity index (χ0v) is 23.2. The number of alkyl halides is 2. The molecule has 0 saturated carbocycles. The molecule has 1 fully saturated rings. The third-order valence-corrected chi connectivity index (χ3v) is 6.27. The summed E-state index contributed by atoms with van der Waals surface area (Å²) in [6.07, 6.45) is 0.00129. The molecule has 14 nitrogen and oxygen atoms in total. The standard InChI is InChI=1S/C23H43BF2N8O6/c1-13(2)10-17(33-19(36)15(6-4-8-27)31-14(3)35)20(37)32-16(7-5-9-30-22(28)29)21(38)34-12-23(25,26)11-18(34)24(39)40/h13,15-18,39-40H,4-12,27H2,1-3H3,(H,31,35)(H,32,37)(H,33,36)(H4,28,29,30). The lowest BCUT2D eigenvalue weighted by molar-refractivity contribution is -0.139. The molecule has 1 heterocycles. The van der Waals surface area contributed by atoms with Crippen molar-refractivity contribution in [1.29, 1.82) is 5.41 Å². The largest absolute Gasteiger partial charge is 0.475 e. The number of carbonyl (C=O) groups excluding carboxylic acids is 4. The van der Waals surface area contributed by atoms with Crippen LogP contribution in [0.3, 0.4) is 0 Å². The van der Waals surface area contributed by atoms with Gasteiger partial charge in [0.2, 0.25) is 23.6 Å². The summed E-state index contributed by atoms with van der Waals surface area (Å²) < 4.78 is 28.2. The average molecular weight is 576 g/mol. The molecule has 4 amide bonds. The van der Waals surface area contributed by atoms with E-state index in [2.05, 4.69) is 21.3 Å². The maximum atomic E-state index is 14.1. The van der Waals surface area contributed by atoms with E-state index in [1.807, 2.05) is 13.8 Å². The van der Waals surface area contributed by atoms with Gasteiger partial charge in [-0.05, 0) is 44.6 Å². The van der Waals surface area contributed by atoms with Crippen molar-refractivity contribution in [2.45, 2.75) is 89.3 Å². The highest BCUT2D eigenvalue weighted by Crippen LogP contribution is 2.33. The Morgan fingerprint density at radius 1 is 1.05 bits per heavy atom. The normalized spacial score (nSPS) is 18.4. The van der Waals surface area contributed by atoms with Gasteiger partial charge in [-0.15, -0.1) is 0 Å². The Hall–Kier alpha value is -3.05. The van der Waals surface area contributed by atoms with Crippen LogP contribution in [0.2, 0.25) is 0 Å². The van der Waals surface area contributed by atoms with Gasteiger partial charge in [0, 0.05) is 19.9 Å². The second kappa shape index (κ2) is 16.3. The van der Waals surface area contributed by atoms with Gasteiger partial charge >= 0.3 is 7.12 Å². The summed E-state index contributed by atoms with van der Waals surface area (Å²) in [6, 6.07) is -3.44. The molecule has 1 rings (SSSR count). The van der Waals surface area contributed by atoms with Crippen molar-refractivity contribution in [3.63, 3.8) is 0 Å². The minimum absolute atomic E-state index is 0.0610. The van der Waals surface area contributed by atoms with E-state index in [1.165, 1.54) is 6.92 Å². The molecular weight excluding hydrogens is 533 g/mol. The number of nitrogens with two attached hydrogens (primary N) is 2. The highest BCUT2D eigenvalue weighted by molar-refractivity contribution is 6.43. The molecule has 0 aromatic heterocycles. The molecule has 0 aliphatic carbocycles. The minimum atomic E-state index is -3.36. The van der Waals surface area contributed by atoms with Crippen LogP contribution in [0.25, 0.3) is 0 Å². The van der Waals surface area contributed by atoms with Crippen LogP contribution in [0.15, 0.2) is 0 Å². The lowest BCUT2D eigenvalue weighted by Gasteiger charge is -2.30. The van der Waals surface area contributed by atoms with Crippen molar-refractivity contribution in [3.8, 4) is 0 Å². The Morgan fingerprint density at radius 3 is 2.15 bits per heavy atom. The number of nitrogens with zero attached hydrogens (tertiary/aromatic N) is 1. The van der Waals surface area contributed by atoms with Crippen LogP contribution in [-0.4, -0.2) is 101 Å². The number of guanidine groups is 1. The highest BCUT2D eigenvalue weighted by atomic mass is 19.3. The highest BCUT2D eigenvalue weighted by Gasteiger charge is 2.52. The van der Waals surface area contributed by atoms with Gasteiger partial charge in [-0.3, -0.25) is 24.6 Å². The maximum absolute atomic E-state index is 14.1. The summed E-state index contributed by atoms with van der Waals surface area (Å²) in [6.45, 7) is 4.22. The Kier molecular flexibility index (Phi) is 14.2. The molecule has 228 valence electrons. The van der Waals surface area contributed by atoms with E-state index >= 15 is 0 Å². The summed E-state index contributed by atoms with van der Waals surface area (Å²) in [7, 11) is -2.22. The van der Waals surface area contributed by atoms with Crippen molar-refractivity contribution >= 4 is 36.7 Å².